The van der Waals surface area contributed by atoms with Crippen LogP contribution in [0.25, 0.3) is 11.3 Å². The summed E-state index contributed by atoms with van der Waals surface area (Å²) in [4.78, 5) is 16.3. The second-order valence-electron chi connectivity index (χ2n) is 8.15. The van der Waals surface area contributed by atoms with Gasteiger partial charge in [-0.15, -0.1) is 0 Å². The van der Waals surface area contributed by atoms with E-state index in [1.165, 1.54) is 55.0 Å². The third-order valence-corrected chi connectivity index (χ3v) is 6.30. The summed E-state index contributed by atoms with van der Waals surface area (Å²) in [5, 5.41) is 0. The van der Waals surface area contributed by atoms with Gasteiger partial charge in [0, 0.05) is 74.8 Å². The van der Waals surface area contributed by atoms with Crippen molar-refractivity contribution in [3.8, 4) is 11.3 Å². The van der Waals surface area contributed by atoms with Crippen LogP contribution in [0.5, 0.6) is 0 Å². The molecule has 4 heterocycles. The fourth-order valence-corrected chi connectivity index (χ4v) is 4.62. The monoisotopic (exact) mass is 399 g/mol. The van der Waals surface area contributed by atoms with Gasteiger partial charge in [-0.3, -0.25) is 9.97 Å². The van der Waals surface area contributed by atoms with Crippen molar-refractivity contribution in [3.63, 3.8) is 0 Å². The number of rotatable bonds is 4. The second kappa shape index (κ2) is 8.74. The highest BCUT2D eigenvalue weighted by molar-refractivity contribution is 5.76. The van der Waals surface area contributed by atoms with Crippen molar-refractivity contribution in [2.45, 2.75) is 19.3 Å². The Morgan fingerprint density at radius 1 is 0.567 bits per heavy atom. The lowest BCUT2D eigenvalue weighted by atomic mass is 10.1. The molecule has 2 fully saturated rings. The Morgan fingerprint density at radius 3 is 1.93 bits per heavy atom. The highest BCUT2D eigenvalue weighted by atomic mass is 15.3. The fraction of sp³-hybridized carbons (Fsp3) is 0.360. The number of aromatic nitrogens is 2. The van der Waals surface area contributed by atoms with Crippen molar-refractivity contribution in [2.75, 3.05) is 54.0 Å². The summed E-state index contributed by atoms with van der Waals surface area (Å²) in [5.41, 5.74) is 6.10. The lowest BCUT2D eigenvalue weighted by Gasteiger charge is -2.37. The molecule has 2 aliphatic heterocycles. The summed E-state index contributed by atoms with van der Waals surface area (Å²) in [6.45, 7) is 6.35. The lowest BCUT2D eigenvalue weighted by molar-refractivity contribution is 0.578. The first-order chi connectivity index (χ1) is 14.9. The maximum Gasteiger partial charge on any atom is 0.0935 e. The van der Waals surface area contributed by atoms with Crippen molar-refractivity contribution in [1.82, 2.24) is 9.97 Å². The van der Waals surface area contributed by atoms with Gasteiger partial charge in [0.1, 0.15) is 0 Å². The number of piperazine rings is 1. The molecule has 0 atom stereocenters. The third kappa shape index (κ3) is 3.97. The molecular weight excluding hydrogens is 370 g/mol. The average molecular weight is 400 g/mol. The first kappa shape index (κ1) is 18.9. The molecule has 0 aliphatic carbocycles. The molecule has 2 aromatic heterocycles. The van der Waals surface area contributed by atoms with E-state index < -0.39 is 0 Å². The Morgan fingerprint density at radius 2 is 1.20 bits per heavy atom. The van der Waals surface area contributed by atoms with Crippen LogP contribution in [0.3, 0.4) is 0 Å². The molecule has 0 radical (unpaired) electrons. The van der Waals surface area contributed by atoms with Crippen LogP contribution in [0.1, 0.15) is 19.3 Å². The number of piperidine rings is 1. The van der Waals surface area contributed by atoms with Gasteiger partial charge in [-0.1, -0.05) is 12.1 Å². The summed E-state index contributed by atoms with van der Waals surface area (Å²) in [5.74, 6) is 0. The third-order valence-electron chi connectivity index (χ3n) is 6.30. The smallest absolute Gasteiger partial charge is 0.0935 e. The summed E-state index contributed by atoms with van der Waals surface area (Å²) < 4.78 is 0. The molecule has 5 nitrogen and oxygen atoms in total. The molecule has 0 N–H and O–H groups in total. The minimum absolute atomic E-state index is 0.993. The number of hydrogen-bond acceptors (Lipinski definition) is 5. The van der Waals surface area contributed by atoms with Gasteiger partial charge in [-0.2, -0.15) is 0 Å². The molecule has 0 saturated carbocycles. The van der Waals surface area contributed by atoms with Crippen molar-refractivity contribution >= 4 is 17.1 Å². The highest BCUT2D eigenvalue weighted by Crippen LogP contribution is 2.31. The largest absolute Gasteiger partial charge is 0.372 e. The van der Waals surface area contributed by atoms with E-state index in [1.807, 2.05) is 18.6 Å². The zero-order chi connectivity index (χ0) is 20.2. The van der Waals surface area contributed by atoms with Crippen LogP contribution in [0.15, 0.2) is 67.1 Å². The Bertz CT molecular complexity index is 943. The summed E-state index contributed by atoms with van der Waals surface area (Å²) in [7, 11) is 0. The molecular formula is C25H29N5. The minimum Gasteiger partial charge on any atom is -0.372 e. The first-order valence-corrected chi connectivity index (χ1v) is 11.1. The molecule has 0 unspecified atom stereocenters. The fourth-order valence-electron chi connectivity index (χ4n) is 4.62. The van der Waals surface area contributed by atoms with E-state index in [-0.39, 0.29) is 0 Å². The molecule has 0 amide bonds. The van der Waals surface area contributed by atoms with Gasteiger partial charge >= 0.3 is 0 Å². The molecule has 2 saturated heterocycles. The van der Waals surface area contributed by atoms with Crippen LogP contribution < -0.4 is 14.7 Å². The van der Waals surface area contributed by atoms with Crippen LogP contribution in [0, 0.1) is 0 Å². The number of anilines is 3. The Kier molecular flexibility index (Phi) is 5.51. The maximum absolute atomic E-state index is 4.77. The molecule has 5 rings (SSSR count). The minimum atomic E-state index is 0.993. The van der Waals surface area contributed by atoms with Crippen molar-refractivity contribution < 1.29 is 0 Å². The van der Waals surface area contributed by atoms with E-state index in [4.69, 9.17) is 4.98 Å². The van der Waals surface area contributed by atoms with Gasteiger partial charge in [0.2, 0.25) is 0 Å². The summed E-state index contributed by atoms with van der Waals surface area (Å²) in [6, 6.07) is 17.5. The van der Waals surface area contributed by atoms with Crippen LogP contribution in [-0.4, -0.2) is 49.2 Å². The van der Waals surface area contributed by atoms with Crippen LogP contribution in [0.2, 0.25) is 0 Å². The molecule has 0 spiro atoms. The number of nitrogens with zero attached hydrogens (tertiary/aromatic N) is 5. The Balaban J connectivity index is 1.32. The van der Waals surface area contributed by atoms with Gasteiger partial charge in [-0.05, 0) is 55.7 Å². The van der Waals surface area contributed by atoms with E-state index >= 15 is 0 Å². The highest BCUT2D eigenvalue weighted by Gasteiger charge is 2.20. The normalized spacial score (nSPS) is 17.3. The Hall–Kier alpha value is -3.08. The van der Waals surface area contributed by atoms with Crippen molar-refractivity contribution in [1.29, 1.82) is 0 Å². The molecule has 154 valence electrons. The van der Waals surface area contributed by atoms with Crippen LogP contribution in [0.4, 0.5) is 17.1 Å². The predicted molar refractivity (Wildman–Crippen MR) is 124 cm³/mol. The van der Waals surface area contributed by atoms with Crippen LogP contribution >= 0.6 is 0 Å². The average Bonchev–Trinajstić information content (AvgIpc) is 2.85. The standard InChI is InChI=1S/C25H29N5/c1-2-15-28(16-3-1)22-8-6-21(7-9-22)25-24(5-4-12-27-25)30-19-17-29(18-20-30)23-10-13-26-14-11-23/h4-14H,1-3,15-20H2. The maximum atomic E-state index is 4.77. The van der Waals surface area contributed by atoms with E-state index in [0.29, 0.717) is 0 Å². The van der Waals surface area contributed by atoms with Gasteiger partial charge in [0.15, 0.2) is 0 Å². The second-order valence-corrected chi connectivity index (χ2v) is 8.15. The molecule has 0 bridgehead atoms. The van der Waals surface area contributed by atoms with E-state index in [9.17, 15) is 0 Å². The number of hydrogen-bond donors (Lipinski definition) is 0. The van der Waals surface area contributed by atoms with E-state index in [0.717, 1.165) is 31.9 Å². The molecule has 1 aromatic carbocycles. The lowest BCUT2D eigenvalue weighted by Crippen LogP contribution is -2.46. The molecule has 5 heteroatoms. The van der Waals surface area contributed by atoms with Crippen molar-refractivity contribution in [2.24, 2.45) is 0 Å². The SMILES string of the molecule is c1cnc(-c2ccc(N3CCCCC3)cc2)c(N2CCN(c3ccncc3)CC2)c1. The number of benzene rings is 1. The van der Waals surface area contributed by atoms with E-state index in [1.54, 1.807) is 0 Å². The van der Waals surface area contributed by atoms with Gasteiger partial charge in [0.25, 0.3) is 0 Å². The molecule has 30 heavy (non-hydrogen) atoms. The quantitative estimate of drug-likeness (QED) is 0.647. The molecule has 3 aromatic rings. The predicted octanol–water partition coefficient (Wildman–Crippen LogP) is 4.46. The topological polar surface area (TPSA) is 35.5 Å². The van der Waals surface area contributed by atoms with Gasteiger partial charge < -0.3 is 14.7 Å². The van der Waals surface area contributed by atoms with Gasteiger partial charge in [0.05, 0.1) is 11.4 Å². The van der Waals surface area contributed by atoms with Crippen LogP contribution in [-0.2, 0) is 0 Å². The molecule has 2 aliphatic rings. The Labute approximate surface area is 179 Å². The summed E-state index contributed by atoms with van der Waals surface area (Å²) in [6.07, 6.45) is 9.61. The zero-order valence-electron chi connectivity index (χ0n) is 17.5. The van der Waals surface area contributed by atoms with Gasteiger partial charge in [-0.25, -0.2) is 0 Å². The number of pyridine rings is 2. The van der Waals surface area contributed by atoms with E-state index in [2.05, 4.69) is 68.2 Å². The zero-order valence-corrected chi connectivity index (χ0v) is 17.5. The van der Waals surface area contributed by atoms with Crippen molar-refractivity contribution in [3.05, 3.63) is 67.1 Å². The first-order valence-electron chi connectivity index (χ1n) is 11.1. The summed E-state index contributed by atoms with van der Waals surface area (Å²) >= 11 is 0.